The molecule has 19 heavy (non-hydrogen) atoms. The Morgan fingerprint density at radius 1 is 0.895 bits per heavy atom. The lowest BCUT2D eigenvalue weighted by Gasteiger charge is -2.07. The fourth-order valence-electron chi connectivity index (χ4n) is 1.98. The molecule has 0 unspecified atom stereocenters. The van der Waals surface area contributed by atoms with Gasteiger partial charge in [-0.05, 0) is 40.2 Å². The zero-order chi connectivity index (χ0) is 13.4. The average Bonchev–Trinajstić information content (AvgIpc) is 2.36. The van der Waals surface area contributed by atoms with E-state index in [4.69, 9.17) is 0 Å². The highest BCUT2D eigenvalue weighted by molar-refractivity contribution is 9.10. The van der Waals surface area contributed by atoms with Crippen LogP contribution in [0.1, 0.15) is 0 Å². The van der Waals surface area contributed by atoms with E-state index in [-0.39, 0.29) is 0 Å². The highest BCUT2D eigenvalue weighted by atomic mass is 79.9. The van der Waals surface area contributed by atoms with E-state index in [1.54, 1.807) is 0 Å². The molecule has 1 aromatic heterocycles. The summed E-state index contributed by atoms with van der Waals surface area (Å²) in [6.45, 7) is 0. The Labute approximate surface area is 117 Å². The van der Waals surface area contributed by atoms with Crippen LogP contribution in [0.3, 0.4) is 0 Å². The van der Waals surface area contributed by atoms with Crippen LogP contribution in [0.2, 0.25) is 0 Å². The lowest BCUT2D eigenvalue weighted by atomic mass is 10.1. The van der Waals surface area contributed by atoms with E-state index in [0.717, 1.165) is 17.0 Å². The minimum absolute atomic E-state index is 0.412. The van der Waals surface area contributed by atoms with E-state index < -0.39 is 11.6 Å². The van der Waals surface area contributed by atoms with Crippen LogP contribution in [0.4, 0.5) is 8.78 Å². The highest BCUT2D eigenvalue weighted by Gasteiger charge is 2.09. The van der Waals surface area contributed by atoms with Crippen molar-refractivity contribution in [3.05, 3.63) is 64.6 Å². The number of rotatable bonds is 1. The van der Waals surface area contributed by atoms with Crippen molar-refractivity contribution >= 4 is 26.8 Å². The standard InChI is InChI=1S/C15H8BrF2N/c16-13-7-9-3-1-2-4-14(9)19-15(13)10-5-11(17)8-12(18)6-10/h1-8H. The van der Waals surface area contributed by atoms with Gasteiger partial charge in [-0.25, -0.2) is 13.8 Å². The molecule has 0 N–H and O–H groups in total. The van der Waals surface area contributed by atoms with E-state index in [1.807, 2.05) is 30.3 Å². The zero-order valence-corrected chi connectivity index (χ0v) is 11.3. The Balaban J connectivity index is 2.26. The molecule has 1 heterocycles. The summed E-state index contributed by atoms with van der Waals surface area (Å²) in [4.78, 5) is 4.45. The molecule has 4 heteroatoms. The second kappa shape index (κ2) is 4.70. The Morgan fingerprint density at radius 2 is 1.58 bits per heavy atom. The van der Waals surface area contributed by atoms with E-state index in [2.05, 4.69) is 20.9 Å². The van der Waals surface area contributed by atoms with Crippen molar-refractivity contribution in [2.75, 3.05) is 0 Å². The predicted molar refractivity (Wildman–Crippen MR) is 74.8 cm³/mol. The second-order valence-corrected chi connectivity index (χ2v) is 5.02. The number of fused-ring (bicyclic) bond motifs is 1. The lowest BCUT2D eigenvalue weighted by Crippen LogP contribution is -1.90. The van der Waals surface area contributed by atoms with Crippen LogP contribution in [-0.4, -0.2) is 4.98 Å². The minimum atomic E-state index is -0.614. The molecule has 0 amide bonds. The van der Waals surface area contributed by atoms with Crippen molar-refractivity contribution in [3.63, 3.8) is 0 Å². The van der Waals surface area contributed by atoms with Crippen LogP contribution in [0.25, 0.3) is 22.2 Å². The van der Waals surface area contributed by atoms with Gasteiger partial charge in [0.2, 0.25) is 0 Å². The van der Waals surface area contributed by atoms with Gasteiger partial charge >= 0.3 is 0 Å². The summed E-state index contributed by atoms with van der Waals surface area (Å²) >= 11 is 3.40. The Kier molecular flexibility index (Phi) is 3.03. The molecule has 1 nitrogen and oxygen atoms in total. The van der Waals surface area contributed by atoms with Crippen molar-refractivity contribution in [2.45, 2.75) is 0 Å². The molecular formula is C15H8BrF2N. The Hall–Kier alpha value is -1.81. The molecular weight excluding hydrogens is 312 g/mol. The fraction of sp³-hybridized carbons (Fsp3) is 0. The molecule has 0 fully saturated rings. The number of pyridine rings is 1. The van der Waals surface area contributed by atoms with Gasteiger partial charge in [-0.15, -0.1) is 0 Å². The largest absolute Gasteiger partial charge is 0.247 e. The molecule has 0 bridgehead atoms. The smallest absolute Gasteiger partial charge is 0.126 e. The molecule has 2 aromatic carbocycles. The van der Waals surface area contributed by atoms with E-state index >= 15 is 0 Å². The predicted octanol–water partition coefficient (Wildman–Crippen LogP) is 4.94. The van der Waals surface area contributed by atoms with Gasteiger partial charge < -0.3 is 0 Å². The molecule has 0 saturated carbocycles. The zero-order valence-electron chi connectivity index (χ0n) is 9.70. The molecule has 0 aliphatic carbocycles. The van der Waals surface area contributed by atoms with Gasteiger partial charge in [0.05, 0.1) is 11.2 Å². The first-order valence-corrected chi connectivity index (χ1v) is 6.44. The Bertz CT molecular complexity index is 751. The third-order valence-corrected chi connectivity index (χ3v) is 3.42. The third-order valence-electron chi connectivity index (χ3n) is 2.81. The number of para-hydroxylation sites is 1. The van der Waals surface area contributed by atoms with Gasteiger partial charge in [-0.3, -0.25) is 0 Å². The molecule has 94 valence electrons. The van der Waals surface area contributed by atoms with Gasteiger partial charge in [0, 0.05) is 21.5 Å². The summed E-state index contributed by atoms with van der Waals surface area (Å²) in [6, 6.07) is 12.9. The molecule has 0 spiro atoms. The van der Waals surface area contributed by atoms with Gasteiger partial charge in [-0.2, -0.15) is 0 Å². The summed E-state index contributed by atoms with van der Waals surface area (Å²) in [6.07, 6.45) is 0. The Morgan fingerprint density at radius 3 is 2.32 bits per heavy atom. The quantitative estimate of drug-likeness (QED) is 0.619. The first kappa shape index (κ1) is 12.2. The molecule has 3 rings (SSSR count). The molecule has 0 saturated heterocycles. The number of halogens is 3. The summed E-state index contributed by atoms with van der Waals surface area (Å²) in [5.41, 5.74) is 1.72. The van der Waals surface area contributed by atoms with Gasteiger partial charge in [0.1, 0.15) is 11.6 Å². The molecule has 0 atom stereocenters. The molecule has 0 aliphatic heterocycles. The number of hydrogen-bond acceptors (Lipinski definition) is 1. The third kappa shape index (κ3) is 2.36. The lowest BCUT2D eigenvalue weighted by molar-refractivity contribution is 0.584. The number of hydrogen-bond donors (Lipinski definition) is 0. The number of nitrogens with zero attached hydrogens (tertiary/aromatic N) is 1. The summed E-state index contributed by atoms with van der Waals surface area (Å²) in [7, 11) is 0. The van der Waals surface area contributed by atoms with Crippen molar-refractivity contribution in [1.82, 2.24) is 4.98 Å². The first-order chi connectivity index (χ1) is 9.13. The monoisotopic (exact) mass is 319 g/mol. The normalized spacial score (nSPS) is 10.9. The summed E-state index contributed by atoms with van der Waals surface area (Å²) in [5.74, 6) is -1.23. The van der Waals surface area contributed by atoms with E-state index in [9.17, 15) is 8.78 Å². The van der Waals surface area contributed by atoms with Crippen LogP contribution in [-0.2, 0) is 0 Å². The van der Waals surface area contributed by atoms with Crippen molar-refractivity contribution in [1.29, 1.82) is 0 Å². The fourth-order valence-corrected chi connectivity index (χ4v) is 2.55. The topological polar surface area (TPSA) is 12.9 Å². The second-order valence-electron chi connectivity index (χ2n) is 4.17. The number of aromatic nitrogens is 1. The van der Waals surface area contributed by atoms with E-state index in [0.29, 0.717) is 15.7 Å². The van der Waals surface area contributed by atoms with Crippen LogP contribution >= 0.6 is 15.9 Å². The van der Waals surface area contributed by atoms with Gasteiger partial charge in [-0.1, -0.05) is 18.2 Å². The summed E-state index contributed by atoms with van der Waals surface area (Å²) in [5, 5.41) is 0.968. The maximum atomic E-state index is 13.3. The van der Waals surface area contributed by atoms with Crippen molar-refractivity contribution < 1.29 is 8.78 Å². The molecule has 3 aromatic rings. The molecule has 0 radical (unpaired) electrons. The van der Waals surface area contributed by atoms with Crippen molar-refractivity contribution in [2.24, 2.45) is 0 Å². The van der Waals surface area contributed by atoms with Crippen LogP contribution in [0, 0.1) is 11.6 Å². The van der Waals surface area contributed by atoms with Crippen molar-refractivity contribution in [3.8, 4) is 11.3 Å². The van der Waals surface area contributed by atoms with E-state index in [1.165, 1.54) is 12.1 Å². The molecule has 0 aliphatic rings. The minimum Gasteiger partial charge on any atom is -0.247 e. The average molecular weight is 320 g/mol. The maximum absolute atomic E-state index is 13.3. The summed E-state index contributed by atoms with van der Waals surface area (Å²) < 4.78 is 27.3. The van der Waals surface area contributed by atoms with Crippen LogP contribution in [0.5, 0.6) is 0 Å². The number of benzene rings is 2. The maximum Gasteiger partial charge on any atom is 0.126 e. The first-order valence-electron chi connectivity index (χ1n) is 5.65. The van der Waals surface area contributed by atoms with Gasteiger partial charge in [0.15, 0.2) is 0 Å². The van der Waals surface area contributed by atoms with Crippen LogP contribution in [0.15, 0.2) is 53.0 Å². The SMILES string of the molecule is Fc1cc(F)cc(-c2nc3ccccc3cc2Br)c1. The highest BCUT2D eigenvalue weighted by Crippen LogP contribution is 2.30. The van der Waals surface area contributed by atoms with Crippen LogP contribution < -0.4 is 0 Å². The van der Waals surface area contributed by atoms with Gasteiger partial charge in [0.25, 0.3) is 0 Å².